The Morgan fingerprint density at radius 3 is 3.12 bits per heavy atom. The van der Waals surface area contributed by atoms with Gasteiger partial charge in [-0.25, -0.2) is 0 Å². The number of halogens is 1. The molecule has 0 radical (unpaired) electrons. The van der Waals surface area contributed by atoms with Crippen LogP contribution in [-0.2, 0) is 9.53 Å². The lowest BCUT2D eigenvalue weighted by Crippen LogP contribution is -2.24. The van der Waals surface area contributed by atoms with E-state index in [1.807, 2.05) is 16.3 Å². The van der Waals surface area contributed by atoms with Gasteiger partial charge < -0.3 is 15.6 Å². The molecular formula is C11H15IN2O3. The number of hydrogen-bond acceptors (Lipinski definition) is 4. The summed E-state index contributed by atoms with van der Waals surface area (Å²) in [5.74, 6) is -0.392. The molecule has 2 rings (SSSR count). The summed E-state index contributed by atoms with van der Waals surface area (Å²) in [7, 11) is 0. The van der Waals surface area contributed by atoms with Gasteiger partial charge >= 0.3 is 0 Å². The van der Waals surface area contributed by atoms with Crippen molar-refractivity contribution in [3.8, 4) is 0 Å². The van der Waals surface area contributed by atoms with E-state index in [1.54, 1.807) is 6.08 Å². The van der Waals surface area contributed by atoms with Crippen LogP contribution in [0.5, 0.6) is 0 Å². The second kappa shape index (κ2) is 5.74. The van der Waals surface area contributed by atoms with Gasteiger partial charge in [0.15, 0.2) is 0 Å². The number of aliphatic hydroxyl groups excluding tert-OH is 1. The van der Waals surface area contributed by atoms with Gasteiger partial charge in [0.05, 0.1) is 12.7 Å². The maximum absolute atomic E-state index is 11.1. The first-order valence-corrected chi connectivity index (χ1v) is 7.61. The second-order valence-electron chi connectivity index (χ2n) is 3.85. The molecule has 94 valence electrons. The number of rotatable bonds is 3. The van der Waals surface area contributed by atoms with Gasteiger partial charge in [0.1, 0.15) is 6.23 Å². The number of carbonyl (C=O) groups excluding carboxylic acids is 1. The van der Waals surface area contributed by atoms with Crippen molar-refractivity contribution in [2.24, 2.45) is 5.73 Å². The summed E-state index contributed by atoms with van der Waals surface area (Å²) < 4.78 is 9.71. The Morgan fingerprint density at radius 2 is 2.47 bits per heavy atom. The summed E-state index contributed by atoms with van der Waals surface area (Å²) in [6, 6.07) is 0. The molecule has 1 fully saturated rings. The molecule has 0 spiro atoms. The average molecular weight is 350 g/mol. The van der Waals surface area contributed by atoms with E-state index >= 15 is 0 Å². The van der Waals surface area contributed by atoms with Gasteiger partial charge in [-0.2, -0.15) is 0 Å². The van der Waals surface area contributed by atoms with E-state index in [-0.39, 0.29) is 18.9 Å². The first kappa shape index (κ1) is 12.7. The van der Waals surface area contributed by atoms with Crippen molar-refractivity contribution in [1.82, 2.24) is 3.11 Å². The number of nitrogens with two attached hydrogens (primary N) is 1. The molecule has 17 heavy (non-hydrogen) atoms. The zero-order valence-corrected chi connectivity index (χ0v) is 11.4. The minimum atomic E-state index is -0.444. The number of carbonyl (C=O) groups is 1. The molecule has 1 unspecified atom stereocenters. The normalized spacial score (nSPS) is 28.5. The number of allylic oxidation sites excluding steroid dienone is 2. The number of amides is 1. The first-order valence-electron chi connectivity index (χ1n) is 5.40. The number of aliphatic hydroxyl groups is 1. The van der Waals surface area contributed by atoms with Crippen molar-refractivity contribution in [1.29, 1.82) is 0 Å². The third-order valence-electron chi connectivity index (χ3n) is 2.63. The van der Waals surface area contributed by atoms with Gasteiger partial charge in [0.25, 0.3) is 0 Å². The standard InChI is InChI=1S/C11H15IN2O3/c13-11(16)8-2-1-5-14(12-6-8)10-4-3-9(7-15)17-10/h1-2,5-6,9-10,15H,3-4,7H2,(H2,13,16)/t9-,10?/m0/s1. The molecule has 6 heteroatoms. The molecule has 2 aliphatic rings. The summed E-state index contributed by atoms with van der Waals surface area (Å²) in [4.78, 5) is 11.1. The third kappa shape index (κ3) is 3.14. The van der Waals surface area contributed by atoms with Crippen molar-refractivity contribution in [3.05, 3.63) is 23.9 Å². The fourth-order valence-corrected chi connectivity index (χ4v) is 3.98. The summed E-state index contributed by atoms with van der Waals surface area (Å²) >= 11 is -0.444. The van der Waals surface area contributed by atoms with Crippen LogP contribution in [0, 0.1) is 0 Å². The minimum Gasteiger partial charge on any atom is -0.394 e. The SMILES string of the molecule is NC(=O)C1=CC=CN(C2CC[C@@H](CO)O2)I=C1. The summed E-state index contributed by atoms with van der Waals surface area (Å²) in [6.07, 6.45) is 7.24. The number of nitrogens with zero attached hydrogens (tertiary/aromatic N) is 1. The zero-order valence-electron chi connectivity index (χ0n) is 9.25. The van der Waals surface area contributed by atoms with Crippen molar-refractivity contribution >= 4 is 30.9 Å². The number of hydrogen-bond donors (Lipinski definition) is 2. The molecular weight excluding hydrogens is 335 g/mol. The van der Waals surface area contributed by atoms with Gasteiger partial charge in [0, 0.05) is 36.8 Å². The maximum Gasteiger partial charge on any atom is 0.249 e. The van der Waals surface area contributed by atoms with E-state index in [0.717, 1.165) is 12.8 Å². The number of ether oxygens (including phenoxy) is 1. The molecule has 2 atom stereocenters. The smallest absolute Gasteiger partial charge is 0.249 e. The van der Waals surface area contributed by atoms with Gasteiger partial charge in [0.2, 0.25) is 5.91 Å². The largest absolute Gasteiger partial charge is 0.394 e. The van der Waals surface area contributed by atoms with Gasteiger partial charge in [-0.05, 0) is 25.0 Å². The Labute approximate surface area is 110 Å². The Bertz CT molecular complexity index is 392. The molecule has 1 saturated heterocycles. The second-order valence-corrected chi connectivity index (χ2v) is 6.15. The van der Waals surface area contributed by atoms with Crippen LogP contribution in [0.25, 0.3) is 0 Å². The lowest BCUT2D eigenvalue weighted by Gasteiger charge is -2.22. The molecule has 3 N–H and O–H groups in total. The molecule has 1 amide bonds. The summed E-state index contributed by atoms with van der Waals surface area (Å²) in [5.41, 5.74) is 5.80. The highest BCUT2D eigenvalue weighted by Crippen LogP contribution is 2.28. The van der Waals surface area contributed by atoms with E-state index in [1.165, 1.54) is 0 Å². The third-order valence-corrected chi connectivity index (χ3v) is 5.17. The lowest BCUT2D eigenvalue weighted by atomic mass is 10.2. The van der Waals surface area contributed by atoms with Crippen molar-refractivity contribution < 1.29 is 14.6 Å². The van der Waals surface area contributed by atoms with Gasteiger partial charge in [-0.1, -0.05) is 0 Å². The number of primary amides is 1. The highest BCUT2D eigenvalue weighted by Gasteiger charge is 2.27. The molecule has 0 aromatic carbocycles. The fourth-order valence-electron chi connectivity index (χ4n) is 1.70. The average Bonchev–Trinajstić information content (AvgIpc) is 2.65. The Morgan fingerprint density at radius 1 is 1.65 bits per heavy atom. The van der Waals surface area contributed by atoms with Crippen molar-refractivity contribution in [2.75, 3.05) is 6.61 Å². The van der Waals surface area contributed by atoms with E-state index in [4.69, 9.17) is 15.6 Å². The Hall–Kier alpha value is -0.730. The predicted molar refractivity (Wildman–Crippen MR) is 73.3 cm³/mol. The topological polar surface area (TPSA) is 75.8 Å². The van der Waals surface area contributed by atoms with Crippen LogP contribution in [0.15, 0.2) is 23.9 Å². The lowest BCUT2D eigenvalue weighted by molar-refractivity contribution is -0.114. The quantitative estimate of drug-likeness (QED) is 0.571. The minimum absolute atomic E-state index is 0.0214. The molecule has 2 aliphatic heterocycles. The molecule has 0 saturated carbocycles. The van der Waals surface area contributed by atoms with Crippen LogP contribution < -0.4 is 5.73 Å². The maximum atomic E-state index is 11.1. The van der Waals surface area contributed by atoms with Gasteiger partial charge in [-0.15, -0.1) is 0 Å². The van der Waals surface area contributed by atoms with E-state index in [2.05, 4.69) is 3.11 Å². The highest BCUT2D eigenvalue weighted by atomic mass is 127. The van der Waals surface area contributed by atoms with Crippen LogP contribution in [0.1, 0.15) is 12.8 Å². The van der Waals surface area contributed by atoms with Gasteiger partial charge in [-0.3, -0.25) is 7.91 Å². The van der Waals surface area contributed by atoms with E-state index in [0.29, 0.717) is 5.57 Å². The van der Waals surface area contributed by atoms with Crippen LogP contribution in [-0.4, -0.2) is 37.1 Å². The predicted octanol–water partition coefficient (Wildman–Crippen LogP) is 0.413. The molecule has 0 aromatic rings. The molecule has 2 heterocycles. The summed E-state index contributed by atoms with van der Waals surface area (Å²) in [5, 5.41) is 9.02. The van der Waals surface area contributed by atoms with E-state index < -0.39 is 26.9 Å². The molecule has 0 bridgehead atoms. The molecule has 0 aliphatic carbocycles. The molecule has 5 nitrogen and oxygen atoms in total. The van der Waals surface area contributed by atoms with Crippen molar-refractivity contribution in [3.63, 3.8) is 0 Å². The van der Waals surface area contributed by atoms with Crippen molar-refractivity contribution in [2.45, 2.75) is 25.2 Å². The van der Waals surface area contributed by atoms with Crippen LogP contribution >= 0.6 is 21.0 Å². The molecule has 0 aromatic heterocycles. The van der Waals surface area contributed by atoms with E-state index in [9.17, 15) is 4.79 Å². The Balaban J connectivity index is 2.02. The monoisotopic (exact) mass is 350 g/mol. The fraction of sp³-hybridized carbons (Fsp3) is 0.455. The van der Waals surface area contributed by atoms with Crippen LogP contribution in [0.2, 0.25) is 0 Å². The first-order chi connectivity index (χ1) is 8.20. The zero-order chi connectivity index (χ0) is 12.3. The Kier molecular flexibility index (Phi) is 4.30. The van der Waals surface area contributed by atoms with Crippen LogP contribution in [0.3, 0.4) is 0 Å². The highest BCUT2D eigenvalue weighted by molar-refractivity contribution is 14.2. The summed E-state index contributed by atoms with van der Waals surface area (Å²) in [6.45, 7) is 0.0703. The van der Waals surface area contributed by atoms with Crippen LogP contribution in [0.4, 0.5) is 0 Å².